The van der Waals surface area contributed by atoms with E-state index in [4.69, 9.17) is 10.00 Å². The predicted octanol–water partition coefficient (Wildman–Crippen LogP) is 1.70. The Kier molecular flexibility index (Phi) is 7.01. The van der Waals surface area contributed by atoms with Crippen molar-refractivity contribution < 1.29 is 18.3 Å². The summed E-state index contributed by atoms with van der Waals surface area (Å²) in [6.45, 7) is 0.487. The highest BCUT2D eigenvalue weighted by Crippen LogP contribution is 2.40. The first-order valence-corrected chi connectivity index (χ1v) is 14.2. The van der Waals surface area contributed by atoms with Crippen molar-refractivity contribution in [2.75, 3.05) is 37.5 Å². The van der Waals surface area contributed by atoms with Gasteiger partial charge in [0.25, 0.3) is 10.2 Å². The van der Waals surface area contributed by atoms with Crippen LogP contribution in [-0.2, 0) is 16.8 Å². The third-order valence-electron chi connectivity index (χ3n) is 7.24. The first kappa shape index (κ1) is 25.1. The maximum Gasteiger partial charge on any atom is 0.282 e. The van der Waals surface area contributed by atoms with Gasteiger partial charge in [0.05, 0.1) is 30.6 Å². The van der Waals surface area contributed by atoms with E-state index in [1.165, 1.54) is 15.6 Å². The van der Waals surface area contributed by atoms with Crippen LogP contribution in [0.3, 0.4) is 0 Å². The van der Waals surface area contributed by atoms with Crippen LogP contribution in [0.2, 0.25) is 0 Å². The third-order valence-corrected chi connectivity index (χ3v) is 10.2. The number of hydrogen-bond acceptors (Lipinski definition) is 11. The van der Waals surface area contributed by atoms with E-state index in [1.54, 1.807) is 23.7 Å². The number of rotatable bonds is 8. The van der Waals surface area contributed by atoms with Gasteiger partial charge >= 0.3 is 0 Å². The van der Waals surface area contributed by atoms with Crippen molar-refractivity contribution >= 4 is 38.4 Å². The molecule has 0 spiro atoms. The van der Waals surface area contributed by atoms with E-state index in [0.29, 0.717) is 35.6 Å². The van der Waals surface area contributed by atoms with E-state index in [1.807, 2.05) is 7.05 Å². The van der Waals surface area contributed by atoms with Gasteiger partial charge in [0.1, 0.15) is 5.82 Å². The van der Waals surface area contributed by atoms with Crippen molar-refractivity contribution in [3.8, 4) is 11.9 Å². The molecule has 12 nitrogen and oxygen atoms in total. The van der Waals surface area contributed by atoms with E-state index in [9.17, 15) is 13.5 Å². The summed E-state index contributed by atoms with van der Waals surface area (Å²) in [6, 6.07) is 3.87. The van der Waals surface area contributed by atoms with E-state index >= 15 is 0 Å². The lowest BCUT2D eigenvalue weighted by molar-refractivity contribution is 0.0932. The second-order valence-corrected chi connectivity index (χ2v) is 12.4. The minimum absolute atomic E-state index is 0.0790. The fourth-order valence-electron chi connectivity index (χ4n) is 5.32. The van der Waals surface area contributed by atoms with E-state index < -0.39 is 10.2 Å². The van der Waals surface area contributed by atoms with Gasteiger partial charge < -0.3 is 14.7 Å². The smallest absolute Gasteiger partial charge is 0.282 e. The normalized spacial score (nSPS) is 25.1. The van der Waals surface area contributed by atoms with Crippen molar-refractivity contribution in [2.24, 2.45) is 5.92 Å². The Morgan fingerprint density at radius 1 is 1.31 bits per heavy atom. The Balaban J connectivity index is 1.34. The maximum atomic E-state index is 13.4. The molecule has 194 valence electrons. The molecule has 1 unspecified atom stereocenters. The number of aliphatic hydroxyl groups excluding tert-OH is 1. The SMILES string of the molecule is COc1cc(N(C)C2C[C@H]3CCC[C@@H](C2)N3S(=O)(=O)N2CC(C#N)C2)nc(Nc2ncc(CO)s2)n1. The van der Waals surface area contributed by atoms with Gasteiger partial charge in [0, 0.05) is 50.5 Å². The molecule has 3 atom stereocenters. The van der Waals surface area contributed by atoms with Crippen LogP contribution in [0.25, 0.3) is 0 Å². The minimum atomic E-state index is -3.58. The number of nitrogens with one attached hydrogen (secondary N) is 1. The number of methoxy groups -OCH3 is 1. The molecule has 0 aliphatic carbocycles. The average molecular weight is 535 g/mol. The second kappa shape index (κ2) is 10.1. The Hall–Kier alpha value is -2.57. The molecule has 3 fully saturated rings. The first-order chi connectivity index (χ1) is 17.3. The summed E-state index contributed by atoms with van der Waals surface area (Å²) in [4.78, 5) is 16.1. The van der Waals surface area contributed by atoms with Crippen molar-refractivity contribution in [2.45, 2.75) is 56.8 Å². The van der Waals surface area contributed by atoms with Gasteiger partial charge in [-0.05, 0) is 25.7 Å². The Morgan fingerprint density at radius 3 is 2.64 bits per heavy atom. The lowest BCUT2D eigenvalue weighted by Crippen LogP contribution is -2.64. The average Bonchev–Trinajstić information content (AvgIpc) is 3.29. The quantitative estimate of drug-likeness (QED) is 0.513. The Labute approximate surface area is 214 Å². The van der Waals surface area contributed by atoms with Crippen LogP contribution in [0.15, 0.2) is 12.3 Å². The van der Waals surface area contributed by atoms with Crippen molar-refractivity contribution in [1.82, 2.24) is 23.6 Å². The topological polar surface area (TPSA) is 148 Å². The molecule has 0 aromatic carbocycles. The largest absolute Gasteiger partial charge is 0.481 e. The molecule has 5 rings (SSSR count). The number of thiazole rings is 1. The zero-order chi connectivity index (χ0) is 25.4. The number of aromatic nitrogens is 3. The van der Waals surface area contributed by atoms with Crippen LogP contribution in [0, 0.1) is 17.2 Å². The molecular weight excluding hydrogens is 504 g/mol. The summed E-state index contributed by atoms with van der Waals surface area (Å²) in [7, 11) is -0.0620. The van der Waals surface area contributed by atoms with E-state index in [-0.39, 0.29) is 43.7 Å². The highest BCUT2D eigenvalue weighted by atomic mass is 32.2. The fourth-order valence-corrected chi connectivity index (χ4v) is 8.13. The Bertz CT molecular complexity index is 1230. The number of ether oxygens (including phenoxy) is 1. The zero-order valence-electron chi connectivity index (χ0n) is 20.2. The first-order valence-electron chi connectivity index (χ1n) is 12.0. The van der Waals surface area contributed by atoms with Crippen LogP contribution in [0.4, 0.5) is 16.9 Å². The highest BCUT2D eigenvalue weighted by Gasteiger charge is 2.49. The number of aliphatic hydroxyl groups is 1. The zero-order valence-corrected chi connectivity index (χ0v) is 21.9. The second-order valence-electron chi connectivity index (χ2n) is 9.46. The minimum Gasteiger partial charge on any atom is -0.481 e. The van der Waals surface area contributed by atoms with Crippen LogP contribution < -0.4 is 15.0 Å². The van der Waals surface area contributed by atoms with E-state index in [2.05, 4.69) is 31.2 Å². The fraction of sp³-hybridized carbons (Fsp3) is 0.636. The van der Waals surface area contributed by atoms with Gasteiger partial charge in [-0.1, -0.05) is 17.8 Å². The van der Waals surface area contributed by atoms with E-state index in [0.717, 1.165) is 24.1 Å². The third kappa shape index (κ3) is 4.73. The van der Waals surface area contributed by atoms with Crippen LogP contribution in [0.5, 0.6) is 5.88 Å². The number of piperidine rings is 2. The summed E-state index contributed by atoms with van der Waals surface area (Å²) in [5.74, 6) is 1.19. The summed E-state index contributed by atoms with van der Waals surface area (Å²) in [6.07, 6.45) is 5.66. The lowest BCUT2D eigenvalue weighted by Gasteiger charge is -2.51. The molecular formula is C22H30N8O4S2. The summed E-state index contributed by atoms with van der Waals surface area (Å²) < 4.78 is 35.3. The molecule has 2 aromatic rings. The standard InChI is InChI=1S/C22H30N8O4S2/c1-28(19-8-20(34-2)26-21(25-19)27-22-24-10-18(13-31)35-22)17-6-15-4-3-5-16(7-17)30(15)36(32,33)29-11-14(9-23)12-29/h8,10,14-17,31H,3-7,11-13H2,1-2H3,(H,24,25,26,27)/t15-,16+,17?. The molecule has 0 saturated carbocycles. The molecule has 3 aliphatic heterocycles. The molecule has 5 heterocycles. The lowest BCUT2D eigenvalue weighted by atomic mass is 9.83. The number of hydrogen-bond donors (Lipinski definition) is 2. The number of nitriles is 1. The number of nitrogens with zero attached hydrogens (tertiary/aromatic N) is 7. The van der Waals surface area contributed by atoms with Crippen LogP contribution in [-0.4, -0.2) is 82.5 Å². The van der Waals surface area contributed by atoms with Crippen molar-refractivity contribution in [3.63, 3.8) is 0 Å². The molecule has 2 bridgehead atoms. The van der Waals surface area contributed by atoms with Gasteiger partial charge in [-0.2, -0.15) is 32.3 Å². The molecule has 2 aromatic heterocycles. The van der Waals surface area contributed by atoms with Gasteiger partial charge in [0.15, 0.2) is 5.13 Å². The van der Waals surface area contributed by atoms with Gasteiger partial charge in [-0.25, -0.2) is 4.98 Å². The summed E-state index contributed by atoms with van der Waals surface area (Å²) in [5, 5.41) is 22.0. The van der Waals surface area contributed by atoms with Crippen LogP contribution >= 0.6 is 11.3 Å². The van der Waals surface area contributed by atoms with Crippen LogP contribution in [0.1, 0.15) is 37.0 Å². The maximum absolute atomic E-state index is 13.4. The number of anilines is 3. The molecule has 14 heteroatoms. The summed E-state index contributed by atoms with van der Waals surface area (Å²) >= 11 is 1.32. The Morgan fingerprint density at radius 2 is 2.03 bits per heavy atom. The molecule has 2 N–H and O–H groups in total. The van der Waals surface area contributed by atoms with Gasteiger partial charge in [-0.3, -0.25) is 5.32 Å². The van der Waals surface area contributed by atoms with Crippen molar-refractivity contribution in [3.05, 3.63) is 17.1 Å². The monoisotopic (exact) mass is 534 g/mol. The van der Waals surface area contributed by atoms with Gasteiger partial charge in [0.2, 0.25) is 11.8 Å². The predicted molar refractivity (Wildman–Crippen MR) is 134 cm³/mol. The molecule has 0 amide bonds. The highest BCUT2D eigenvalue weighted by molar-refractivity contribution is 7.86. The summed E-state index contributed by atoms with van der Waals surface area (Å²) in [5.41, 5.74) is 0. The van der Waals surface area contributed by atoms with Gasteiger partial charge in [-0.15, -0.1) is 0 Å². The number of fused-ring (bicyclic) bond motifs is 2. The molecule has 36 heavy (non-hydrogen) atoms. The molecule has 0 radical (unpaired) electrons. The molecule has 3 saturated heterocycles. The molecule has 3 aliphatic rings. The van der Waals surface area contributed by atoms with Crippen molar-refractivity contribution in [1.29, 1.82) is 5.26 Å².